The fourth-order valence-electron chi connectivity index (χ4n) is 3.85. The fraction of sp³-hybridized carbons (Fsp3) is 0.200. The molecule has 0 saturated heterocycles. The van der Waals surface area contributed by atoms with Gasteiger partial charge in [-0.05, 0) is 58.8 Å². The summed E-state index contributed by atoms with van der Waals surface area (Å²) in [6, 6.07) is 28.2. The minimum absolute atomic E-state index is 0.0209. The van der Waals surface area contributed by atoms with Crippen LogP contribution in [0, 0.1) is 0 Å². The van der Waals surface area contributed by atoms with Crippen molar-refractivity contribution in [3.8, 4) is 11.5 Å². The molecule has 184 valence electrons. The molecular formula is C30H28O6. The molecule has 0 saturated carbocycles. The number of ether oxygens (including phenoxy) is 3. The summed E-state index contributed by atoms with van der Waals surface area (Å²) in [4.78, 5) is 23.9. The number of hydrogen-bond acceptors (Lipinski definition) is 5. The molecule has 0 fully saturated rings. The molecule has 0 spiro atoms. The number of carbonyl (C=O) groups excluding carboxylic acids is 1. The van der Waals surface area contributed by atoms with Crippen molar-refractivity contribution in [1.82, 2.24) is 0 Å². The molecule has 1 atom stereocenters. The Hall–Kier alpha value is -4.16. The van der Waals surface area contributed by atoms with Crippen LogP contribution in [0.25, 0.3) is 10.8 Å². The van der Waals surface area contributed by atoms with Crippen LogP contribution in [-0.2, 0) is 16.0 Å². The van der Waals surface area contributed by atoms with E-state index in [2.05, 4.69) is 0 Å². The van der Waals surface area contributed by atoms with Crippen molar-refractivity contribution in [2.75, 3.05) is 20.3 Å². The van der Waals surface area contributed by atoms with E-state index in [4.69, 9.17) is 19.3 Å². The molecule has 1 N–H and O–H groups in total. The minimum atomic E-state index is -0.982. The van der Waals surface area contributed by atoms with Gasteiger partial charge in [-0.15, -0.1) is 0 Å². The van der Waals surface area contributed by atoms with Crippen molar-refractivity contribution in [2.24, 2.45) is 0 Å². The molecule has 0 aromatic heterocycles. The SMILES string of the molecule is CO[C@@H](Cc1ccc(OCCCOc2ccc(C(=O)c3ccc4ccccc4c3)cc2)cc1)C(=O)O. The van der Waals surface area contributed by atoms with E-state index in [0.29, 0.717) is 48.7 Å². The van der Waals surface area contributed by atoms with E-state index in [9.17, 15) is 9.59 Å². The smallest absolute Gasteiger partial charge is 0.333 e. The molecule has 0 unspecified atom stereocenters. The normalized spacial score (nSPS) is 11.7. The monoisotopic (exact) mass is 484 g/mol. The number of fused-ring (bicyclic) bond motifs is 1. The molecule has 36 heavy (non-hydrogen) atoms. The fourth-order valence-corrected chi connectivity index (χ4v) is 3.85. The molecule has 0 aliphatic heterocycles. The van der Waals surface area contributed by atoms with E-state index in [1.807, 2.05) is 66.7 Å². The number of carboxylic acid groups (broad SMARTS) is 1. The van der Waals surface area contributed by atoms with Crippen molar-refractivity contribution in [1.29, 1.82) is 0 Å². The van der Waals surface area contributed by atoms with Crippen molar-refractivity contribution in [3.05, 3.63) is 108 Å². The van der Waals surface area contributed by atoms with Gasteiger partial charge in [-0.1, -0.05) is 48.5 Å². The average molecular weight is 485 g/mol. The van der Waals surface area contributed by atoms with Gasteiger partial charge in [0.15, 0.2) is 11.9 Å². The molecule has 4 rings (SSSR count). The van der Waals surface area contributed by atoms with E-state index < -0.39 is 12.1 Å². The number of hydrogen-bond donors (Lipinski definition) is 1. The Morgan fingerprint density at radius 3 is 1.94 bits per heavy atom. The largest absolute Gasteiger partial charge is 0.493 e. The topological polar surface area (TPSA) is 82.1 Å². The highest BCUT2D eigenvalue weighted by Gasteiger charge is 2.16. The Bertz CT molecular complexity index is 1310. The summed E-state index contributed by atoms with van der Waals surface area (Å²) in [6.45, 7) is 0.956. The lowest BCUT2D eigenvalue weighted by Crippen LogP contribution is -2.24. The highest BCUT2D eigenvalue weighted by molar-refractivity contribution is 6.10. The first-order valence-corrected chi connectivity index (χ1v) is 11.8. The third-order valence-electron chi connectivity index (χ3n) is 5.86. The van der Waals surface area contributed by atoms with Crippen LogP contribution in [0.2, 0.25) is 0 Å². The number of carboxylic acids is 1. The predicted octanol–water partition coefficient (Wildman–Crippen LogP) is 5.56. The Morgan fingerprint density at radius 2 is 1.33 bits per heavy atom. The summed E-state index contributed by atoms with van der Waals surface area (Å²) in [7, 11) is 1.39. The highest BCUT2D eigenvalue weighted by Crippen LogP contribution is 2.20. The molecule has 0 aliphatic rings. The van der Waals surface area contributed by atoms with Gasteiger partial charge in [-0.25, -0.2) is 4.79 Å². The first kappa shape index (κ1) is 24.9. The van der Waals surface area contributed by atoms with Crippen molar-refractivity contribution in [2.45, 2.75) is 18.9 Å². The summed E-state index contributed by atoms with van der Waals surface area (Å²) >= 11 is 0. The van der Waals surface area contributed by atoms with E-state index in [1.165, 1.54) is 7.11 Å². The van der Waals surface area contributed by atoms with Gasteiger partial charge in [-0.3, -0.25) is 4.79 Å². The predicted molar refractivity (Wildman–Crippen MR) is 138 cm³/mol. The van der Waals surface area contributed by atoms with E-state index in [-0.39, 0.29) is 5.78 Å². The van der Waals surface area contributed by atoms with Crippen LogP contribution in [0.3, 0.4) is 0 Å². The van der Waals surface area contributed by atoms with Gasteiger partial charge in [0.25, 0.3) is 0 Å². The zero-order chi connectivity index (χ0) is 25.3. The van der Waals surface area contributed by atoms with Gasteiger partial charge >= 0.3 is 5.97 Å². The van der Waals surface area contributed by atoms with Gasteiger partial charge in [0.1, 0.15) is 11.5 Å². The molecule has 0 bridgehead atoms. The standard InChI is InChI=1S/C30H28O6/c1-34-28(30(32)33)19-21-7-13-26(14-8-21)35-17-4-18-36-27-15-11-23(12-16-27)29(31)25-10-9-22-5-2-3-6-24(22)20-25/h2-3,5-16,20,28H,4,17-19H2,1H3,(H,32,33)/t28-/m0/s1. The van der Waals surface area contributed by atoms with Gasteiger partial charge in [0.2, 0.25) is 0 Å². The Balaban J connectivity index is 1.21. The summed E-state index contributed by atoms with van der Waals surface area (Å²) in [5, 5.41) is 11.2. The maximum atomic E-state index is 12.9. The molecule has 6 nitrogen and oxygen atoms in total. The van der Waals surface area contributed by atoms with Crippen molar-refractivity contribution < 1.29 is 28.9 Å². The van der Waals surface area contributed by atoms with Crippen LogP contribution >= 0.6 is 0 Å². The molecule has 0 aliphatic carbocycles. The van der Waals surface area contributed by atoms with Crippen molar-refractivity contribution in [3.63, 3.8) is 0 Å². The minimum Gasteiger partial charge on any atom is -0.493 e. The van der Waals surface area contributed by atoms with Crippen LogP contribution in [0.4, 0.5) is 0 Å². The van der Waals surface area contributed by atoms with E-state index in [1.54, 1.807) is 24.3 Å². The second kappa shape index (κ2) is 12.0. The summed E-state index contributed by atoms with van der Waals surface area (Å²) in [6.07, 6.45) is 0.122. The molecule has 6 heteroatoms. The summed E-state index contributed by atoms with van der Waals surface area (Å²) < 4.78 is 16.5. The second-order valence-corrected chi connectivity index (χ2v) is 8.38. The maximum Gasteiger partial charge on any atom is 0.333 e. The first-order valence-electron chi connectivity index (χ1n) is 11.8. The third kappa shape index (κ3) is 6.49. The Kier molecular flexibility index (Phi) is 8.32. The number of aliphatic carboxylic acids is 1. The van der Waals surface area contributed by atoms with Gasteiger partial charge in [0.05, 0.1) is 13.2 Å². The Morgan fingerprint density at radius 1 is 0.750 bits per heavy atom. The first-order chi connectivity index (χ1) is 17.5. The number of benzene rings is 4. The lowest BCUT2D eigenvalue weighted by molar-refractivity contribution is -0.148. The lowest BCUT2D eigenvalue weighted by atomic mass is 10.00. The van der Waals surface area contributed by atoms with Crippen LogP contribution in [-0.4, -0.2) is 43.3 Å². The summed E-state index contributed by atoms with van der Waals surface area (Å²) in [5.41, 5.74) is 2.14. The van der Waals surface area contributed by atoms with E-state index in [0.717, 1.165) is 16.3 Å². The van der Waals surface area contributed by atoms with Gasteiger partial charge in [-0.2, -0.15) is 0 Å². The quantitative estimate of drug-likeness (QED) is 0.209. The summed E-state index contributed by atoms with van der Waals surface area (Å²) in [5.74, 6) is 0.400. The number of rotatable bonds is 12. The van der Waals surface area contributed by atoms with Crippen LogP contribution in [0.5, 0.6) is 11.5 Å². The zero-order valence-electron chi connectivity index (χ0n) is 20.1. The number of carbonyl (C=O) groups is 2. The van der Waals surface area contributed by atoms with Gasteiger partial charge < -0.3 is 19.3 Å². The zero-order valence-corrected chi connectivity index (χ0v) is 20.1. The number of methoxy groups -OCH3 is 1. The van der Waals surface area contributed by atoms with Crippen LogP contribution in [0.15, 0.2) is 91.0 Å². The highest BCUT2D eigenvalue weighted by atomic mass is 16.5. The molecular weight excluding hydrogens is 456 g/mol. The van der Waals surface area contributed by atoms with Gasteiger partial charge in [0, 0.05) is 31.1 Å². The lowest BCUT2D eigenvalue weighted by Gasteiger charge is -2.11. The molecule has 4 aromatic carbocycles. The number of ketones is 1. The molecule has 0 radical (unpaired) electrons. The Labute approximate surface area is 210 Å². The average Bonchev–Trinajstić information content (AvgIpc) is 2.91. The second-order valence-electron chi connectivity index (χ2n) is 8.38. The molecule has 0 amide bonds. The molecule has 4 aromatic rings. The van der Waals surface area contributed by atoms with Crippen LogP contribution in [0.1, 0.15) is 27.9 Å². The van der Waals surface area contributed by atoms with Crippen molar-refractivity contribution >= 4 is 22.5 Å². The van der Waals surface area contributed by atoms with Crippen LogP contribution < -0.4 is 9.47 Å². The third-order valence-corrected chi connectivity index (χ3v) is 5.86. The molecule has 0 heterocycles. The maximum absolute atomic E-state index is 12.9. The van der Waals surface area contributed by atoms with E-state index >= 15 is 0 Å².